The molecule has 1 fully saturated rings. The normalized spacial score (nSPS) is 15.4. The predicted octanol–water partition coefficient (Wildman–Crippen LogP) is 3.71. The van der Waals surface area contributed by atoms with Gasteiger partial charge in [-0.25, -0.2) is 8.78 Å². The van der Waals surface area contributed by atoms with Crippen molar-refractivity contribution in [3.05, 3.63) is 52.9 Å². The van der Waals surface area contributed by atoms with Crippen LogP contribution in [0, 0.1) is 24.5 Å². The summed E-state index contributed by atoms with van der Waals surface area (Å²) in [6.07, 6.45) is 2.42. The molecule has 1 heterocycles. The lowest BCUT2D eigenvalue weighted by atomic mass is 10.2. The van der Waals surface area contributed by atoms with E-state index >= 15 is 0 Å². The largest absolute Gasteiger partial charge is 0.336 e. The maximum Gasteiger partial charge on any atom is 0.274 e. The van der Waals surface area contributed by atoms with Gasteiger partial charge in [0.05, 0.1) is 6.04 Å². The second-order valence-corrected chi connectivity index (χ2v) is 6.60. The van der Waals surface area contributed by atoms with Crippen LogP contribution in [0.3, 0.4) is 0 Å². The van der Waals surface area contributed by atoms with Crippen LogP contribution in [0.4, 0.5) is 8.78 Å². The van der Waals surface area contributed by atoms with E-state index in [-0.39, 0.29) is 12.5 Å². The number of nitrogens with zero attached hydrogens (tertiary/aromatic N) is 3. The molecule has 0 saturated heterocycles. The number of carbonyl (C=O) groups excluding carboxylic acids is 1. The summed E-state index contributed by atoms with van der Waals surface area (Å²) >= 11 is 0. The number of aryl methyl sites for hydroxylation is 1. The molecule has 128 valence electrons. The minimum Gasteiger partial charge on any atom is -0.336 e. The van der Waals surface area contributed by atoms with Crippen LogP contribution >= 0.6 is 0 Å². The van der Waals surface area contributed by atoms with E-state index in [0.717, 1.165) is 17.8 Å². The Morgan fingerprint density at radius 1 is 1.33 bits per heavy atom. The fourth-order valence-corrected chi connectivity index (χ4v) is 2.96. The van der Waals surface area contributed by atoms with Crippen LogP contribution in [-0.4, -0.2) is 27.6 Å². The predicted molar refractivity (Wildman–Crippen MR) is 86.6 cm³/mol. The number of benzene rings is 1. The van der Waals surface area contributed by atoms with Gasteiger partial charge in [-0.05, 0) is 56.4 Å². The number of halogens is 2. The van der Waals surface area contributed by atoms with Crippen molar-refractivity contribution in [1.29, 1.82) is 0 Å². The average molecular weight is 333 g/mol. The van der Waals surface area contributed by atoms with Crippen molar-refractivity contribution < 1.29 is 13.6 Å². The molecule has 0 radical (unpaired) electrons. The molecule has 1 aromatic carbocycles. The lowest BCUT2D eigenvalue weighted by Gasteiger charge is -2.16. The lowest BCUT2D eigenvalue weighted by molar-refractivity contribution is 0.0777. The average Bonchev–Trinajstić information content (AvgIpc) is 3.32. The summed E-state index contributed by atoms with van der Waals surface area (Å²) in [4.78, 5) is 14.0. The van der Waals surface area contributed by atoms with E-state index in [1.807, 2.05) is 11.6 Å². The summed E-state index contributed by atoms with van der Waals surface area (Å²) < 4.78 is 28.2. The quantitative estimate of drug-likeness (QED) is 0.836. The molecule has 1 aliphatic rings. The van der Waals surface area contributed by atoms with Crippen molar-refractivity contribution >= 4 is 5.91 Å². The van der Waals surface area contributed by atoms with Crippen LogP contribution in [0.1, 0.15) is 47.6 Å². The molecule has 0 N–H and O–H groups in total. The highest BCUT2D eigenvalue weighted by molar-refractivity contribution is 5.92. The first-order valence-electron chi connectivity index (χ1n) is 8.12. The van der Waals surface area contributed by atoms with E-state index in [1.165, 1.54) is 23.8 Å². The van der Waals surface area contributed by atoms with Crippen LogP contribution in [0.15, 0.2) is 24.3 Å². The molecular formula is C18H21F2N3O. The molecule has 3 rings (SSSR count). The Balaban J connectivity index is 1.73. The van der Waals surface area contributed by atoms with E-state index < -0.39 is 11.6 Å². The number of hydrogen-bond acceptors (Lipinski definition) is 2. The van der Waals surface area contributed by atoms with E-state index in [1.54, 1.807) is 13.1 Å². The molecule has 0 unspecified atom stereocenters. The van der Waals surface area contributed by atoms with Gasteiger partial charge >= 0.3 is 0 Å². The van der Waals surface area contributed by atoms with Crippen molar-refractivity contribution in [3.63, 3.8) is 0 Å². The zero-order chi connectivity index (χ0) is 17.4. The second kappa shape index (κ2) is 6.34. The molecule has 1 amide bonds. The van der Waals surface area contributed by atoms with Gasteiger partial charge in [-0.1, -0.05) is 6.07 Å². The third-order valence-electron chi connectivity index (χ3n) is 4.58. The summed E-state index contributed by atoms with van der Waals surface area (Å²) in [5.41, 5.74) is 1.87. The highest BCUT2D eigenvalue weighted by Gasteiger charge is 2.31. The zero-order valence-electron chi connectivity index (χ0n) is 14.1. The van der Waals surface area contributed by atoms with Gasteiger partial charge < -0.3 is 4.90 Å². The first kappa shape index (κ1) is 16.6. The van der Waals surface area contributed by atoms with Crippen LogP contribution in [0.25, 0.3) is 0 Å². The minimum atomic E-state index is -0.910. The molecular weight excluding hydrogens is 312 g/mol. The van der Waals surface area contributed by atoms with E-state index in [0.29, 0.717) is 23.2 Å². The minimum absolute atomic E-state index is 0.195. The van der Waals surface area contributed by atoms with Crippen molar-refractivity contribution in [2.45, 2.75) is 39.3 Å². The number of carbonyl (C=O) groups is 1. The molecule has 1 saturated carbocycles. The van der Waals surface area contributed by atoms with Crippen molar-refractivity contribution in [2.24, 2.45) is 5.92 Å². The number of hydrogen-bond donors (Lipinski definition) is 0. The van der Waals surface area contributed by atoms with Gasteiger partial charge in [0.2, 0.25) is 0 Å². The number of rotatable bonds is 5. The summed E-state index contributed by atoms with van der Waals surface area (Å²) in [5, 5.41) is 4.46. The number of aromatic nitrogens is 2. The van der Waals surface area contributed by atoms with E-state index in [2.05, 4.69) is 12.0 Å². The molecule has 1 atom stereocenters. The maximum absolute atomic E-state index is 13.3. The topological polar surface area (TPSA) is 38.1 Å². The molecule has 6 heteroatoms. The van der Waals surface area contributed by atoms with Crippen LogP contribution in [-0.2, 0) is 6.54 Å². The van der Waals surface area contributed by atoms with E-state index in [4.69, 9.17) is 0 Å². The van der Waals surface area contributed by atoms with Gasteiger partial charge in [0.25, 0.3) is 5.91 Å². The van der Waals surface area contributed by atoms with Gasteiger partial charge in [-0.3, -0.25) is 9.48 Å². The Morgan fingerprint density at radius 3 is 2.67 bits per heavy atom. The SMILES string of the molecule is Cc1cc(C(=O)N(C)Cc2ccc(F)c(F)c2)nn1[C@H](C)C1CC1. The van der Waals surface area contributed by atoms with Crippen molar-refractivity contribution in [3.8, 4) is 0 Å². The third-order valence-corrected chi connectivity index (χ3v) is 4.58. The summed E-state index contributed by atoms with van der Waals surface area (Å²) in [5.74, 6) is -1.39. The molecule has 0 aliphatic heterocycles. The maximum atomic E-state index is 13.3. The Bertz CT molecular complexity index is 768. The summed E-state index contributed by atoms with van der Waals surface area (Å²) in [7, 11) is 1.63. The molecule has 0 bridgehead atoms. The monoisotopic (exact) mass is 333 g/mol. The first-order chi connectivity index (χ1) is 11.4. The molecule has 0 spiro atoms. The second-order valence-electron chi connectivity index (χ2n) is 6.60. The molecule has 1 aromatic heterocycles. The Morgan fingerprint density at radius 2 is 2.04 bits per heavy atom. The number of amides is 1. The van der Waals surface area contributed by atoms with Gasteiger partial charge in [0.15, 0.2) is 17.3 Å². The first-order valence-corrected chi connectivity index (χ1v) is 8.12. The van der Waals surface area contributed by atoms with Gasteiger partial charge in [-0.15, -0.1) is 0 Å². The molecule has 24 heavy (non-hydrogen) atoms. The molecule has 1 aliphatic carbocycles. The fraction of sp³-hybridized carbons (Fsp3) is 0.444. The van der Waals surface area contributed by atoms with Gasteiger partial charge in [-0.2, -0.15) is 5.10 Å². The Labute approximate surface area is 140 Å². The van der Waals surface area contributed by atoms with Gasteiger partial charge in [0, 0.05) is 19.3 Å². The smallest absolute Gasteiger partial charge is 0.274 e. The van der Waals surface area contributed by atoms with Crippen LogP contribution in [0.5, 0.6) is 0 Å². The zero-order valence-corrected chi connectivity index (χ0v) is 14.1. The third kappa shape index (κ3) is 3.32. The van der Waals surface area contributed by atoms with Crippen molar-refractivity contribution in [2.75, 3.05) is 7.05 Å². The molecule has 4 nitrogen and oxygen atoms in total. The standard InChI is InChI=1S/C18H21F2N3O/c1-11-8-17(21-23(11)12(2)14-5-6-14)18(24)22(3)10-13-4-7-15(19)16(20)9-13/h4,7-9,12,14H,5-6,10H2,1-3H3/t12-/m1/s1. The van der Waals surface area contributed by atoms with Crippen LogP contribution < -0.4 is 0 Å². The van der Waals surface area contributed by atoms with Crippen LogP contribution in [0.2, 0.25) is 0 Å². The van der Waals surface area contributed by atoms with E-state index in [9.17, 15) is 13.6 Å². The molecule has 2 aromatic rings. The highest BCUT2D eigenvalue weighted by Crippen LogP contribution is 2.39. The van der Waals surface area contributed by atoms with Crippen molar-refractivity contribution in [1.82, 2.24) is 14.7 Å². The Hall–Kier alpha value is -2.24. The Kier molecular flexibility index (Phi) is 4.39. The highest BCUT2D eigenvalue weighted by atomic mass is 19.2. The van der Waals surface area contributed by atoms with Gasteiger partial charge in [0.1, 0.15) is 0 Å². The summed E-state index contributed by atoms with van der Waals surface area (Å²) in [6, 6.07) is 5.73. The summed E-state index contributed by atoms with van der Waals surface area (Å²) in [6.45, 7) is 4.26. The fourth-order valence-electron chi connectivity index (χ4n) is 2.96. The lowest BCUT2D eigenvalue weighted by Crippen LogP contribution is -2.27.